The maximum atomic E-state index is 5.97. The molecular weight excluding hydrogens is 248 g/mol. The molecule has 0 saturated carbocycles. The van der Waals surface area contributed by atoms with E-state index in [0.29, 0.717) is 32.3 Å². The third kappa shape index (κ3) is 2.94. The first kappa shape index (κ1) is 13.7. The summed E-state index contributed by atoms with van der Waals surface area (Å²) in [7, 11) is 0. The number of hydrogen-bond acceptors (Lipinski definition) is 6. The Labute approximate surface area is 113 Å². The molecule has 19 heavy (non-hydrogen) atoms. The van der Waals surface area contributed by atoms with Crippen molar-refractivity contribution < 1.29 is 18.9 Å². The van der Waals surface area contributed by atoms with Gasteiger partial charge in [0.2, 0.25) is 0 Å². The molecule has 3 fully saturated rings. The van der Waals surface area contributed by atoms with E-state index in [9.17, 15) is 0 Å². The minimum Gasteiger partial charge on any atom is -0.378 e. The lowest BCUT2D eigenvalue weighted by Gasteiger charge is -2.42. The minimum atomic E-state index is -0.0897. The van der Waals surface area contributed by atoms with Crippen LogP contribution in [0.3, 0.4) is 0 Å². The summed E-state index contributed by atoms with van der Waals surface area (Å²) < 4.78 is 22.8. The summed E-state index contributed by atoms with van der Waals surface area (Å²) in [5.41, 5.74) is 2.86. The molecule has 6 nitrogen and oxygen atoms in total. The topological polar surface area (TPSA) is 75.0 Å². The molecule has 3 aliphatic rings. The van der Waals surface area contributed by atoms with Crippen molar-refractivity contribution in [2.45, 2.75) is 37.0 Å². The van der Waals surface area contributed by atoms with Crippen molar-refractivity contribution in [3.63, 3.8) is 0 Å². The molecule has 3 heterocycles. The van der Waals surface area contributed by atoms with Crippen molar-refractivity contribution in [3.8, 4) is 0 Å². The van der Waals surface area contributed by atoms with Crippen LogP contribution in [0.4, 0.5) is 0 Å². The lowest BCUT2D eigenvalue weighted by Crippen LogP contribution is -2.56. The van der Waals surface area contributed by atoms with Crippen molar-refractivity contribution in [2.75, 3.05) is 39.6 Å². The Balaban J connectivity index is 1.64. The normalized spacial score (nSPS) is 41.5. The molecule has 3 rings (SSSR count). The van der Waals surface area contributed by atoms with Crippen LogP contribution in [0.15, 0.2) is 0 Å². The highest BCUT2D eigenvalue weighted by molar-refractivity contribution is 4.95. The van der Waals surface area contributed by atoms with Gasteiger partial charge >= 0.3 is 0 Å². The van der Waals surface area contributed by atoms with Gasteiger partial charge in [0.05, 0.1) is 44.2 Å². The molecule has 3 saturated heterocycles. The monoisotopic (exact) mass is 272 g/mol. The third-order valence-corrected chi connectivity index (χ3v) is 4.54. The highest BCUT2D eigenvalue weighted by Gasteiger charge is 2.44. The second-order valence-corrected chi connectivity index (χ2v) is 5.76. The van der Waals surface area contributed by atoms with E-state index < -0.39 is 0 Å². The molecule has 1 spiro atoms. The molecule has 110 valence electrons. The van der Waals surface area contributed by atoms with E-state index in [2.05, 4.69) is 5.43 Å². The summed E-state index contributed by atoms with van der Waals surface area (Å²) >= 11 is 0. The molecule has 0 radical (unpaired) electrons. The SMILES string of the molecule is NNC(C1CCOC2(CCOC2)C1)C1COCCO1. The van der Waals surface area contributed by atoms with E-state index in [1.54, 1.807) is 0 Å². The van der Waals surface area contributed by atoms with Crippen molar-refractivity contribution in [2.24, 2.45) is 11.8 Å². The number of nitrogens with two attached hydrogens (primary N) is 1. The maximum Gasteiger partial charge on any atom is 0.0978 e. The van der Waals surface area contributed by atoms with Gasteiger partial charge in [-0.3, -0.25) is 11.3 Å². The van der Waals surface area contributed by atoms with Crippen LogP contribution in [0.2, 0.25) is 0 Å². The Bertz CT molecular complexity index is 290. The van der Waals surface area contributed by atoms with Gasteiger partial charge in [-0.05, 0) is 18.8 Å². The second-order valence-electron chi connectivity index (χ2n) is 5.76. The van der Waals surface area contributed by atoms with Gasteiger partial charge in [0, 0.05) is 19.6 Å². The smallest absolute Gasteiger partial charge is 0.0978 e. The number of ether oxygens (including phenoxy) is 4. The molecule has 4 unspecified atom stereocenters. The Morgan fingerprint density at radius 3 is 2.79 bits per heavy atom. The fraction of sp³-hybridized carbons (Fsp3) is 1.00. The lowest BCUT2D eigenvalue weighted by atomic mass is 9.79. The van der Waals surface area contributed by atoms with E-state index in [0.717, 1.165) is 32.5 Å². The first-order valence-electron chi connectivity index (χ1n) is 7.20. The predicted octanol–water partition coefficient (Wildman–Crippen LogP) is -0.181. The van der Waals surface area contributed by atoms with E-state index in [4.69, 9.17) is 24.8 Å². The summed E-state index contributed by atoms with van der Waals surface area (Å²) in [5.74, 6) is 6.22. The molecule has 3 N–H and O–H groups in total. The van der Waals surface area contributed by atoms with E-state index in [-0.39, 0.29) is 17.7 Å². The summed E-state index contributed by atoms with van der Waals surface area (Å²) in [4.78, 5) is 0. The van der Waals surface area contributed by atoms with Crippen LogP contribution in [0.25, 0.3) is 0 Å². The van der Waals surface area contributed by atoms with Crippen LogP contribution in [0.1, 0.15) is 19.3 Å². The van der Waals surface area contributed by atoms with Crippen LogP contribution in [0.5, 0.6) is 0 Å². The van der Waals surface area contributed by atoms with Crippen molar-refractivity contribution >= 4 is 0 Å². The summed E-state index contributed by atoms with van der Waals surface area (Å²) in [6.45, 7) is 4.24. The van der Waals surface area contributed by atoms with E-state index >= 15 is 0 Å². The number of rotatable bonds is 3. The van der Waals surface area contributed by atoms with Crippen molar-refractivity contribution in [1.29, 1.82) is 0 Å². The standard InChI is InChI=1S/C13H24N2O4/c14-15-12(11-8-16-5-6-18-11)10-1-3-19-13(7-10)2-4-17-9-13/h10-12,15H,1-9,14H2. The predicted molar refractivity (Wildman–Crippen MR) is 68.5 cm³/mol. The molecule has 0 aliphatic carbocycles. The average Bonchev–Trinajstić information content (AvgIpc) is 2.89. The highest BCUT2D eigenvalue weighted by Crippen LogP contribution is 2.37. The van der Waals surface area contributed by atoms with Gasteiger partial charge < -0.3 is 18.9 Å². The fourth-order valence-corrected chi connectivity index (χ4v) is 3.50. The molecule has 4 atom stereocenters. The zero-order valence-corrected chi connectivity index (χ0v) is 11.3. The number of hydrogen-bond donors (Lipinski definition) is 2. The lowest BCUT2D eigenvalue weighted by molar-refractivity contribution is -0.137. The van der Waals surface area contributed by atoms with Crippen molar-refractivity contribution in [3.05, 3.63) is 0 Å². The molecule has 0 bridgehead atoms. The van der Waals surface area contributed by atoms with E-state index in [1.165, 1.54) is 0 Å². The van der Waals surface area contributed by atoms with Crippen molar-refractivity contribution in [1.82, 2.24) is 5.43 Å². The molecule has 0 aromatic carbocycles. The van der Waals surface area contributed by atoms with Gasteiger partial charge in [0.1, 0.15) is 0 Å². The van der Waals surface area contributed by atoms with Crippen LogP contribution in [-0.2, 0) is 18.9 Å². The van der Waals surface area contributed by atoms with Crippen LogP contribution >= 0.6 is 0 Å². The zero-order chi connectivity index (χ0) is 13.1. The molecule has 3 aliphatic heterocycles. The Morgan fingerprint density at radius 1 is 1.16 bits per heavy atom. The average molecular weight is 272 g/mol. The maximum absolute atomic E-state index is 5.97. The Morgan fingerprint density at radius 2 is 2.11 bits per heavy atom. The molecule has 0 aromatic rings. The van der Waals surface area contributed by atoms with Crippen LogP contribution in [-0.4, -0.2) is 57.4 Å². The van der Waals surface area contributed by atoms with Gasteiger partial charge in [0.15, 0.2) is 0 Å². The minimum absolute atomic E-state index is 0.0428. The van der Waals surface area contributed by atoms with E-state index in [1.807, 2.05) is 0 Å². The Kier molecular flexibility index (Phi) is 4.36. The van der Waals surface area contributed by atoms with Gasteiger partial charge in [-0.2, -0.15) is 0 Å². The van der Waals surface area contributed by atoms with Gasteiger partial charge in [0.25, 0.3) is 0 Å². The summed E-state index contributed by atoms with van der Waals surface area (Å²) in [5, 5.41) is 0. The van der Waals surface area contributed by atoms with Gasteiger partial charge in [-0.15, -0.1) is 0 Å². The fourth-order valence-electron chi connectivity index (χ4n) is 3.50. The quantitative estimate of drug-likeness (QED) is 0.548. The Hall–Kier alpha value is -0.240. The first-order valence-corrected chi connectivity index (χ1v) is 7.20. The highest BCUT2D eigenvalue weighted by atomic mass is 16.6. The largest absolute Gasteiger partial charge is 0.378 e. The molecular formula is C13H24N2O4. The summed E-state index contributed by atoms with van der Waals surface area (Å²) in [6.07, 6.45) is 3.03. The zero-order valence-electron chi connectivity index (χ0n) is 11.3. The van der Waals surface area contributed by atoms with Gasteiger partial charge in [-0.1, -0.05) is 0 Å². The number of hydrazine groups is 1. The summed E-state index contributed by atoms with van der Waals surface area (Å²) in [6, 6.07) is 0.127. The molecule has 0 amide bonds. The van der Waals surface area contributed by atoms with Crippen LogP contribution < -0.4 is 11.3 Å². The van der Waals surface area contributed by atoms with Gasteiger partial charge in [-0.25, -0.2) is 0 Å². The number of nitrogens with one attached hydrogen (secondary N) is 1. The van der Waals surface area contributed by atoms with Crippen LogP contribution in [0, 0.1) is 5.92 Å². The third-order valence-electron chi connectivity index (χ3n) is 4.54. The first-order chi connectivity index (χ1) is 9.33. The second kappa shape index (κ2) is 6.03. The molecule has 0 aromatic heterocycles. The molecule has 6 heteroatoms.